The molecule has 3 rings (SSSR count). The number of aromatic nitrogens is 1. The van der Waals surface area contributed by atoms with Gasteiger partial charge in [-0.25, -0.2) is 0 Å². The van der Waals surface area contributed by atoms with Crippen LogP contribution in [0.2, 0.25) is 0 Å². The first kappa shape index (κ1) is 20.6. The molecule has 6 heteroatoms. The van der Waals surface area contributed by atoms with Gasteiger partial charge in [0.05, 0.1) is 25.5 Å². The monoisotopic (exact) mass is 394 g/mol. The molecule has 3 aromatic rings. The van der Waals surface area contributed by atoms with Crippen molar-refractivity contribution in [2.75, 3.05) is 19.0 Å². The number of esters is 1. The van der Waals surface area contributed by atoms with Gasteiger partial charge in [-0.15, -0.1) is 0 Å². The van der Waals surface area contributed by atoms with Crippen molar-refractivity contribution in [3.8, 4) is 5.75 Å². The summed E-state index contributed by atoms with van der Waals surface area (Å²) >= 11 is 0. The van der Waals surface area contributed by atoms with Crippen LogP contribution >= 0.6 is 0 Å². The summed E-state index contributed by atoms with van der Waals surface area (Å²) in [5.74, 6) is 0.332. The fourth-order valence-corrected chi connectivity index (χ4v) is 3.26. The molecule has 0 aliphatic carbocycles. The van der Waals surface area contributed by atoms with E-state index in [1.165, 1.54) is 0 Å². The van der Waals surface area contributed by atoms with Gasteiger partial charge in [0.1, 0.15) is 11.3 Å². The molecule has 1 heterocycles. The van der Waals surface area contributed by atoms with Crippen LogP contribution in [0.1, 0.15) is 37.0 Å². The maximum atomic E-state index is 11.7. The van der Waals surface area contributed by atoms with E-state index >= 15 is 0 Å². The van der Waals surface area contributed by atoms with E-state index in [2.05, 4.69) is 10.3 Å². The molecule has 152 valence electrons. The van der Waals surface area contributed by atoms with Gasteiger partial charge in [0.25, 0.3) is 0 Å². The Hall–Kier alpha value is -3.12. The van der Waals surface area contributed by atoms with E-state index in [0.29, 0.717) is 23.4 Å². The van der Waals surface area contributed by atoms with Crippen LogP contribution in [0, 0.1) is 6.92 Å². The van der Waals surface area contributed by atoms with E-state index in [0.717, 1.165) is 22.3 Å². The third kappa shape index (κ3) is 4.66. The fraction of sp³-hybridized carbons (Fsp3) is 0.304. The van der Waals surface area contributed by atoms with Crippen LogP contribution in [0.15, 0.2) is 48.7 Å². The van der Waals surface area contributed by atoms with Crippen LogP contribution in [0.3, 0.4) is 0 Å². The molecular weight excluding hydrogens is 368 g/mol. The van der Waals surface area contributed by atoms with Crippen LogP contribution < -0.4 is 10.1 Å². The molecule has 0 saturated heterocycles. The van der Waals surface area contributed by atoms with Crippen molar-refractivity contribution in [1.82, 2.24) is 4.98 Å². The number of aliphatic hydroxyl groups excluding tert-OH is 1. The number of carbonyl (C=O) groups is 1. The number of nitrogens with zero attached hydrogens (tertiary/aromatic N) is 1. The Morgan fingerprint density at radius 3 is 2.72 bits per heavy atom. The molecule has 0 spiro atoms. The number of hydrogen-bond donors (Lipinski definition) is 2. The van der Waals surface area contributed by atoms with E-state index < -0.39 is 6.10 Å². The maximum absolute atomic E-state index is 11.7. The fourth-order valence-electron chi connectivity index (χ4n) is 3.26. The van der Waals surface area contributed by atoms with E-state index in [4.69, 9.17) is 9.47 Å². The molecule has 2 N–H and O–H groups in total. The van der Waals surface area contributed by atoms with Crippen LogP contribution in [-0.4, -0.2) is 29.8 Å². The van der Waals surface area contributed by atoms with Crippen LogP contribution in [0.5, 0.6) is 5.75 Å². The van der Waals surface area contributed by atoms with E-state index in [1.54, 1.807) is 20.2 Å². The van der Waals surface area contributed by atoms with Gasteiger partial charge in [-0.2, -0.15) is 0 Å². The molecule has 29 heavy (non-hydrogen) atoms. The summed E-state index contributed by atoms with van der Waals surface area (Å²) in [5, 5.41) is 15.1. The topological polar surface area (TPSA) is 80.7 Å². The van der Waals surface area contributed by atoms with Crippen molar-refractivity contribution in [3.05, 3.63) is 59.8 Å². The second-order valence-corrected chi connectivity index (χ2v) is 6.74. The zero-order chi connectivity index (χ0) is 20.8. The number of fused-ring (bicyclic) bond motifs is 1. The molecule has 0 amide bonds. The Morgan fingerprint density at radius 2 is 2.00 bits per heavy atom. The minimum atomic E-state index is -0.867. The lowest BCUT2D eigenvalue weighted by molar-refractivity contribution is -0.143. The molecule has 0 bridgehead atoms. The molecule has 1 atom stereocenters. The summed E-state index contributed by atoms with van der Waals surface area (Å²) in [6, 6.07) is 13.6. The molecule has 2 aromatic carbocycles. The summed E-state index contributed by atoms with van der Waals surface area (Å²) in [4.78, 5) is 16.2. The molecule has 0 fully saturated rings. The normalized spacial score (nSPS) is 11.9. The van der Waals surface area contributed by atoms with Crippen LogP contribution in [0.25, 0.3) is 10.9 Å². The first-order valence-electron chi connectivity index (χ1n) is 9.67. The average molecular weight is 394 g/mol. The number of ether oxygens (including phenoxy) is 2. The van der Waals surface area contributed by atoms with Crippen molar-refractivity contribution < 1.29 is 19.4 Å². The Bertz CT molecular complexity index is 1000. The number of hydrogen-bond acceptors (Lipinski definition) is 6. The van der Waals surface area contributed by atoms with Gasteiger partial charge >= 0.3 is 5.97 Å². The number of carbonyl (C=O) groups excluding carboxylic acids is 1. The van der Waals surface area contributed by atoms with Crippen molar-refractivity contribution >= 4 is 28.2 Å². The van der Waals surface area contributed by atoms with E-state index in [-0.39, 0.29) is 18.8 Å². The molecular formula is C23H26N2O4. The Labute approximate surface area is 170 Å². The molecule has 0 aliphatic rings. The van der Waals surface area contributed by atoms with Gasteiger partial charge < -0.3 is 19.9 Å². The highest BCUT2D eigenvalue weighted by atomic mass is 16.5. The number of aliphatic hydroxyl groups is 1. The third-order valence-corrected chi connectivity index (χ3v) is 4.80. The number of aryl methyl sites for hydroxylation is 1. The number of pyridine rings is 1. The lowest BCUT2D eigenvalue weighted by atomic mass is 10.0. The first-order chi connectivity index (χ1) is 14.0. The Balaban J connectivity index is 2.04. The largest absolute Gasteiger partial charge is 0.494 e. The van der Waals surface area contributed by atoms with Crippen molar-refractivity contribution in [2.45, 2.75) is 32.8 Å². The minimum absolute atomic E-state index is 0.134. The summed E-state index contributed by atoms with van der Waals surface area (Å²) in [6.07, 6.45) is 1.16. The summed E-state index contributed by atoms with van der Waals surface area (Å²) in [6.45, 7) is 4.11. The lowest BCUT2D eigenvalue weighted by Crippen LogP contribution is -2.09. The van der Waals surface area contributed by atoms with Gasteiger partial charge in [0.2, 0.25) is 0 Å². The van der Waals surface area contributed by atoms with Crippen LogP contribution in [-0.2, 0) is 9.53 Å². The number of anilines is 2. The number of benzene rings is 2. The number of methoxy groups -OCH3 is 1. The SMILES string of the molecule is CCOC(=O)CCC(O)c1cnc2c(OC)cccc2c1Nc1ccccc1C. The predicted molar refractivity (Wildman–Crippen MR) is 114 cm³/mol. The number of nitrogens with one attached hydrogen (secondary N) is 1. The summed E-state index contributed by atoms with van der Waals surface area (Å²) < 4.78 is 10.4. The van der Waals surface area contributed by atoms with Crippen molar-refractivity contribution in [3.63, 3.8) is 0 Å². The highest BCUT2D eigenvalue weighted by Crippen LogP contribution is 2.37. The predicted octanol–water partition coefficient (Wildman–Crippen LogP) is 4.67. The molecule has 0 aliphatic heterocycles. The highest BCUT2D eigenvalue weighted by Gasteiger charge is 2.19. The smallest absolute Gasteiger partial charge is 0.305 e. The molecule has 0 radical (unpaired) electrons. The Morgan fingerprint density at radius 1 is 1.21 bits per heavy atom. The van der Waals surface area contributed by atoms with Gasteiger partial charge in [0.15, 0.2) is 0 Å². The molecule has 1 aromatic heterocycles. The van der Waals surface area contributed by atoms with E-state index in [1.807, 2.05) is 49.4 Å². The standard InChI is InChI=1S/C23H26N2O4/c1-4-29-21(27)13-12-19(26)17-14-24-23-16(9-7-11-20(23)28-3)22(17)25-18-10-6-5-8-15(18)2/h5-11,14,19,26H,4,12-13H2,1-3H3,(H,24,25). The quantitative estimate of drug-likeness (QED) is 0.540. The summed E-state index contributed by atoms with van der Waals surface area (Å²) in [5.41, 5.74) is 4.08. The number of rotatable bonds is 8. The molecule has 1 unspecified atom stereocenters. The third-order valence-electron chi connectivity index (χ3n) is 4.80. The zero-order valence-electron chi connectivity index (χ0n) is 16.9. The van der Waals surface area contributed by atoms with Gasteiger partial charge in [-0.3, -0.25) is 9.78 Å². The second-order valence-electron chi connectivity index (χ2n) is 6.74. The Kier molecular flexibility index (Phi) is 6.67. The number of para-hydroxylation sites is 2. The molecule has 0 saturated carbocycles. The van der Waals surface area contributed by atoms with Gasteiger partial charge in [0, 0.05) is 29.3 Å². The van der Waals surface area contributed by atoms with Crippen molar-refractivity contribution in [2.24, 2.45) is 0 Å². The minimum Gasteiger partial charge on any atom is -0.494 e. The van der Waals surface area contributed by atoms with Gasteiger partial charge in [-0.1, -0.05) is 30.3 Å². The van der Waals surface area contributed by atoms with Crippen LogP contribution in [0.4, 0.5) is 11.4 Å². The molecule has 6 nitrogen and oxygen atoms in total. The maximum Gasteiger partial charge on any atom is 0.305 e. The average Bonchev–Trinajstić information content (AvgIpc) is 2.73. The highest BCUT2D eigenvalue weighted by molar-refractivity contribution is 5.98. The lowest BCUT2D eigenvalue weighted by Gasteiger charge is -2.20. The second kappa shape index (κ2) is 9.39. The first-order valence-corrected chi connectivity index (χ1v) is 9.67. The van der Waals surface area contributed by atoms with Crippen molar-refractivity contribution in [1.29, 1.82) is 0 Å². The van der Waals surface area contributed by atoms with E-state index in [9.17, 15) is 9.90 Å². The zero-order valence-corrected chi connectivity index (χ0v) is 16.9. The summed E-state index contributed by atoms with van der Waals surface area (Å²) in [7, 11) is 1.60. The van der Waals surface area contributed by atoms with Gasteiger partial charge in [-0.05, 0) is 38.0 Å².